The average Bonchev–Trinajstić information content (AvgIpc) is 3.18. The highest BCUT2D eigenvalue weighted by Crippen LogP contribution is 2.45. The SMILES string of the molecule is O=C(c1cccs1)[C@@H]1[C@@H](c2cccs2)NC(=S)N[C@]1(O)C(F)(F)F. The minimum absolute atomic E-state index is 0.139. The number of carbonyl (C=O) groups is 1. The van der Waals surface area contributed by atoms with Crippen LogP contribution in [0.4, 0.5) is 13.2 Å². The molecule has 1 aliphatic heterocycles. The predicted molar refractivity (Wildman–Crippen MR) is 89.1 cm³/mol. The number of Topliss-reactive ketones (excluding diaryl/α,β-unsaturated/α-hetero) is 1. The molecular weight excluding hydrogens is 381 g/mol. The molecule has 0 spiro atoms. The lowest BCUT2D eigenvalue weighted by Crippen LogP contribution is -2.72. The van der Waals surface area contributed by atoms with Crippen LogP contribution in [-0.4, -0.2) is 27.9 Å². The highest BCUT2D eigenvalue weighted by Gasteiger charge is 2.66. The van der Waals surface area contributed by atoms with E-state index in [1.165, 1.54) is 17.4 Å². The standard InChI is InChI=1S/C14H11F3N2O2S3/c15-14(16,17)13(21)9(11(20)8-4-2-6-24-8)10(18-12(22)19-13)7-3-1-5-23-7/h1-6,9-10,21H,(H2,18,19,22)/t9-,10+,13+/m0/s1. The van der Waals surface area contributed by atoms with Gasteiger partial charge in [0.25, 0.3) is 0 Å². The van der Waals surface area contributed by atoms with Crippen LogP contribution in [0.1, 0.15) is 20.6 Å². The van der Waals surface area contributed by atoms with Crippen LogP contribution in [-0.2, 0) is 0 Å². The number of hydrogen-bond donors (Lipinski definition) is 3. The van der Waals surface area contributed by atoms with Crippen molar-refractivity contribution in [1.82, 2.24) is 10.6 Å². The van der Waals surface area contributed by atoms with Crippen molar-refractivity contribution in [2.45, 2.75) is 17.9 Å². The zero-order valence-corrected chi connectivity index (χ0v) is 14.3. The van der Waals surface area contributed by atoms with Gasteiger partial charge in [-0.3, -0.25) is 4.79 Å². The van der Waals surface area contributed by atoms with Crippen molar-refractivity contribution >= 4 is 45.8 Å². The van der Waals surface area contributed by atoms with E-state index in [9.17, 15) is 23.1 Å². The van der Waals surface area contributed by atoms with Crippen molar-refractivity contribution < 1.29 is 23.1 Å². The van der Waals surface area contributed by atoms with Gasteiger partial charge in [0.1, 0.15) is 5.92 Å². The lowest BCUT2D eigenvalue weighted by atomic mass is 9.81. The number of alkyl halides is 3. The van der Waals surface area contributed by atoms with Gasteiger partial charge in [0.15, 0.2) is 10.9 Å². The number of ketones is 1. The Labute approximate surface area is 148 Å². The van der Waals surface area contributed by atoms with E-state index in [2.05, 4.69) is 5.32 Å². The highest BCUT2D eigenvalue weighted by molar-refractivity contribution is 7.80. The van der Waals surface area contributed by atoms with Crippen LogP contribution in [0, 0.1) is 5.92 Å². The number of thiophene rings is 2. The predicted octanol–water partition coefficient (Wildman–Crippen LogP) is 3.08. The van der Waals surface area contributed by atoms with Gasteiger partial charge in [0.2, 0.25) is 5.72 Å². The molecule has 1 fully saturated rings. The molecule has 2 aromatic heterocycles. The fourth-order valence-corrected chi connectivity index (χ4v) is 4.42. The maximum Gasteiger partial charge on any atom is 0.437 e. The van der Waals surface area contributed by atoms with Crippen molar-refractivity contribution in [3.8, 4) is 0 Å². The van der Waals surface area contributed by atoms with Crippen LogP contribution in [0.25, 0.3) is 0 Å². The Balaban J connectivity index is 2.13. The summed E-state index contributed by atoms with van der Waals surface area (Å²) >= 11 is 7.03. The average molecular weight is 392 g/mol. The van der Waals surface area contributed by atoms with E-state index in [4.69, 9.17) is 12.2 Å². The van der Waals surface area contributed by atoms with Crippen molar-refractivity contribution in [1.29, 1.82) is 0 Å². The third-order valence-electron chi connectivity index (χ3n) is 3.70. The molecule has 0 amide bonds. The number of thiocarbonyl (C=S) groups is 1. The van der Waals surface area contributed by atoms with Gasteiger partial charge in [-0.2, -0.15) is 13.2 Å². The summed E-state index contributed by atoms with van der Waals surface area (Å²) in [4.78, 5) is 13.4. The molecule has 0 aromatic carbocycles. The molecule has 1 saturated heterocycles. The minimum Gasteiger partial charge on any atom is -0.363 e. The van der Waals surface area contributed by atoms with Gasteiger partial charge in [-0.25, -0.2) is 0 Å². The molecule has 0 radical (unpaired) electrons. The van der Waals surface area contributed by atoms with Gasteiger partial charge in [-0.1, -0.05) is 12.1 Å². The van der Waals surface area contributed by atoms with E-state index in [1.807, 2.05) is 5.32 Å². The second-order valence-corrected chi connectivity index (χ2v) is 7.51. The Morgan fingerprint density at radius 3 is 2.46 bits per heavy atom. The summed E-state index contributed by atoms with van der Waals surface area (Å²) in [6.07, 6.45) is -5.09. The zero-order chi connectivity index (χ0) is 17.5. The summed E-state index contributed by atoms with van der Waals surface area (Å²) in [5.41, 5.74) is -3.45. The van der Waals surface area contributed by atoms with Crippen LogP contribution in [0.2, 0.25) is 0 Å². The van der Waals surface area contributed by atoms with Crippen molar-refractivity contribution in [2.24, 2.45) is 5.92 Å². The third-order valence-corrected chi connectivity index (χ3v) is 5.76. The van der Waals surface area contributed by atoms with Crippen LogP contribution < -0.4 is 10.6 Å². The normalized spacial score (nSPS) is 27.4. The quantitative estimate of drug-likeness (QED) is 0.554. The van der Waals surface area contributed by atoms with Crippen LogP contribution >= 0.6 is 34.9 Å². The van der Waals surface area contributed by atoms with E-state index in [0.717, 1.165) is 11.3 Å². The number of nitrogens with one attached hydrogen (secondary N) is 2. The Bertz CT molecular complexity index is 746. The second kappa shape index (κ2) is 6.10. The summed E-state index contributed by atoms with van der Waals surface area (Å²) < 4.78 is 40.9. The molecule has 3 heterocycles. The first-order valence-electron chi connectivity index (χ1n) is 6.73. The van der Waals surface area contributed by atoms with E-state index < -0.39 is 29.6 Å². The lowest BCUT2D eigenvalue weighted by molar-refractivity contribution is -0.285. The fraction of sp³-hybridized carbons (Fsp3) is 0.286. The first kappa shape index (κ1) is 17.3. The maximum atomic E-state index is 13.6. The first-order chi connectivity index (χ1) is 11.2. The molecule has 10 heteroatoms. The molecule has 128 valence electrons. The largest absolute Gasteiger partial charge is 0.437 e. The molecule has 2 aromatic rings. The minimum atomic E-state index is -5.09. The molecule has 0 unspecified atom stereocenters. The number of rotatable bonds is 3. The van der Waals surface area contributed by atoms with Crippen molar-refractivity contribution in [3.05, 3.63) is 44.8 Å². The molecule has 4 nitrogen and oxygen atoms in total. The molecule has 24 heavy (non-hydrogen) atoms. The summed E-state index contributed by atoms with van der Waals surface area (Å²) in [7, 11) is 0. The molecular formula is C14H11F3N2O2S3. The smallest absolute Gasteiger partial charge is 0.363 e. The Morgan fingerprint density at radius 2 is 1.92 bits per heavy atom. The number of hydrogen-bond acceptors (Lipinski definition) is 5. The maximum absolute atomic E-state index is 13.6. The van der Waals surface area contributed by atoms with Crippen molar-refractivity contribution in [3.63, 3.8) is 0 Å². The van der Waals surface area contributed by atoms with Gasteiger partial charge >= 0.3 is 6.18 Å². The van der Waals surface area contributed by atoms with Gasteiger partial charge in [-0.15, -0.1) is 22.7 Å². The molecule has 3 rings (SSSR count). The van der Waals surface area contributed by atoms with E-state index in [-0.39, 0.29) is 9.99 Å². The van der Waals surface area contributed by atoms with Crippen molar-refractivity contribution in [2.75, 3.05) is 0 Å². The number of aliphatic hydroxyl groups is 1. The van der Waals surface area contributed by atoms with Gasteiger partial charge < -0.3 is 15.7 Å². The van der Waals surface area contributed by atoms with E-state index in [1.54, 1.807) is 29.0 Å². The monoisotopic (exact) mass is 392 g/mol. The molecule has 1 aliphatic rings. The lowest BCUT2D eigenvalue weighted by Gasteiger charge is -2.45. The Kier molecular flexibility index (Phi) is 4.41. The highest BCUT2D eigenvalue weighted by atomic mass is 32.1. The molecule has 3 atom stereocenters. The van der Waals surface area contributed by atoms with Crippen LogP contribution in [0.5, 0.6) is 0 Å². The topological polar surface area (TPSA) is 61.4 Å². The molecule has 3 N–H and O–H groups in total. The summed E-state index contributed by atoms with van der Waals surface area (Å²) in [6.45, 7) is 0. The van der Waals surface area contributed by atoms with Crippen LogP contribution in [0.3, 0.4) is 0 Å². The molecule has 0 aliphatic carbocycles. The fourth-order valence-electron chi connectivity index (χ4n) is 2.62. The van der Waals surface area contributed by atoms with Gasteiger partial charge in [0, 0.05) is 4.88 Å². The summed E-state index contributed by atoms with van der Waals surface area (Å²) in [5, 5.41) is 17.9. The Morgan fingerprint density at radius 1 is 1.25 bits per heavy atom. The van der Waals surface area contributed by atoms with E-state index in [0.29, 0.717) is 4.88 Å². The third kappa shape index (κ3) is 2.83. The number of carbonyl (C=O) groups excluding carboxylic acids is 1. The van der Waals surface area contributed by atoms with Gasteiger partial charge in [-0.05, 0) is 35.1 Å². The molecule has 0 bridgehead atoms. The van der Waals surface area contributed by atoms with E-state index >= 15 is 0 Å². The summed E-state index contributed by atoms with van der Waals surface area (Å²) in [6, 6.07) is 5.18. The Hall–Kier alpha value is -1.49. The summed E-state index contributed by atoms with van der Waals surface area (Å²) in [5.74, 6) is -2.62. The van der Waals surface area contributed by atoms with Crippen LogP contribution in [0.15, 0.2) is 35.0 Å². The number of halogens is 3. The zero-order valence-electron chi connectivity index (χ0n) is 11.8. The molecule has 0 saturated carbocycles. The second-order valence-electron chi connectivity index (χ2n) is 5.17. The first-order valence-corrected chi connectivity index (χ1v) is 8.89. The van der Waals surface area contributed by atoms with Gasteiger partial charge in [0.05, 0.1) is 10.9 Å².